The van der Waals surface area contributed by atoms with E-state index in [0.717, 1.165) is 22.4 Å². The van der Waals surface area contributed by atoms with Gasteiger partial charge in [0.25, 0.3) is 0 Å². The molecule has 0 radical (unpaired) electrons. The number of aryl methyl sites for hydroxylation is 2. The number of carbonyl (C=O) groups is 1. The average molecular weight is 267 g/mol. The van der Waals surface area contributed by atoms with E-state index in [2.05, 4.69) is 5.32 Å². The number of amides is 1. The molecular formula is C18H21NO. The van der Waals surface area contributed by atoms with Crippen LogP contribution in [0.3, 0.4) is 0 Å². The van der Waals surface area contributed by atoms with Crippen LogP contribution in [0.5, 0.6) is 0 Å². The summed E-state index contributed by atoms with van der Waals surface area (Å²) in [6.45, 7) is 7.92. The van der Waals surface area contributed by atoms with Crippen LogP contribution in [-0.4, -0.2) is 5.91 Å². The molecule has 0 aliphatic heterocycles. The lowest BCUT2D eigenvalue weighted by Crippen LogP contribution is -2.34. The van der Waals surface area contributed by atoms with Crippen LogP contribution in [0.4, 0.5) is 5.69 Å². The molecule has 0 heterocycles. The molecule has 2 heteroatoms. The lowest BCUT2D eigenvalue weighted by atomic mass is 9.83. The Balaban J connectivity index is 2.26. The first-order valence-corrected chi connectivity index (χ1v) is 6.85. The molecule has 0 aromatic heterocycles. The lowest BCUT2D eigenvalue weighted by Gasteiger charge is -2.24. The summed E-state index contributed by atoms with van der Waals surface area (Å²) in [4.78, 5) is 12.6. The van der Waals surface area contributed by atoms with Crippen LogP contribution in [0, 0.1) is 13.8 Å². The molecular weight excluding hydrogens is 246 g/mol. The first-order chi connectivity index (χ1) is 9.41. The van der Waals surface area contributed by atoms with Gasteiger partial charge in [-0.25, -0.2) is 0 Å². The van der Waals surface area contributed by atoms with E-state index in [1.54, 1.807) is 0 Å². The number of hydrogen-bond donors (Lipinski definition) is 1. The number of benzene rings is 2. The molecule has 2 nitrogen and oxygen atoms in total. The largest absolute Gasteiger partial charge is 0.325 e. The Morgan fingerprint density at radius 2 is 1.65 bits per heavy atom. The molecule has 1 N–H and O–H groups in total. The van der Waals surface area contributed by atoms with Crippen molar-refractivity contribution in [2.75, 3.05) is 5.32 Å². The summed E-state index contributed by atoms with van der Waals surface area (Å²) in [5.41, 5.74) is 3.57. The number of rotatable bonds is 3. The minimum absolute atomic E-state index is 0.0115. The van der Waals surface area contributed by atoms with Gasteiger partial charge in [-0.2, -0.15) is 0 Å². The van der Waals surface area contributed by atoms with Crippen molar-refractivity contribution in [3.8, 4) is 0 Å². The second-order valence-corrected chi connectivity index (χ2v) is 5.76. The second-order valence-electron chi connectivity index (χ2n) is 5.76. The molecule has 0 unspecified atom stereocenters. The summed E-state index contributed by atoms with van der Waals surface area (Å²) in [5, 5.41) is 3.05. The topological polar surface area (TPSA) is 29.1 Å². The third-order valence-corrected chi connectivity index (χ3v) is 3.70. The van der Waals surface area contributed by atoms with Gasteiger partial charge in [0.1, 0.15) is 0 Å². The fourth-order valence-electron chi connectivity index (χ4n) is 2.13. The van der Waals surface area contributed by atoms with Gasteiger partial charge in [-0.3, -0.25) is 4.79 Å². The number of hydrogen-bond acceptors (Lipinski definition) is 1. The smallest absolute Gasteiger partial charge is 0.234 e. The van der Waals surface area contributed by atoms with Gasteiger partial charge >= 0.3 is 0 Å². The van der Waals surface area contributed by atoms with E-state index in [-0.39, 0.29) is 5.91 Å². The number of nitrogens with one attached hydrogen (secondary N) is 1. The number of carbonyl (C=O) groups excluding carboxylic acids is 1. The highest BCUT2D eigenvalue weighted by molar-refractivity contribution is 5.99. The summed E-state index contributed by atoms with van der Waals surface area (Å²) in [6, 6.07) is 15.9. The van der Waals surface area contributed by atoms with Crippen LogP contribution >= 0.6 is 0 Å². The summed E-state index contributed by atoms with van der Waals surface area (Å²) in [6.07, 6.45) is 0. The van der Waals surface area contributed by atoms with E-state index in [9.17, 15) is 4.79 Å². The van der Waals surface area contributed by atoms with Crippen LogP contribution in [0.1, 0.15) is 30.5 Å². The molecule has 0 aliphatic carbocycles. The Hall–Kier alpha value is -2.09. The zero-order chi connectivity index (χ0) is 14.8. The molecule has 0 aliphatic rings. The van der Waals surface area contributed by atoms with Crippen molar-refractivity contribution in [3.63, 3.8) is 0 Å². The van der Waals surface area contributed by atoms with Crippen LogP contribution in [0.2, 0.25) is 0 Å². The standard InChI is InChI=1S/C18H21NO/c1-13-10-11-14(2)16(12-13)19-17(20)18(3,4)15-8-6-5-7-9-15/h5-12H,1-4H3,(H,19,20). The third-order valence-electron chi connectivity index (χ3n) is 3.70. The predicted octanol–water partition coefficient (Wildman–Crippen LogP) is 4.22. The van der Waals surface area contributed by atoms with Crippen LogP contribution < -0.4 is 5.32 Å². The van der Waals surface area contributed by atoms with Crippen molar-refractivity contribution < 1.29 is 4.79 Å². The molecule has 0 fully saturated rings. The molecule has 0 spiro atoms. The molecule has 2 aromatic rings. The van der Waals surface area contributed by atoms with Crippen molar-refractivity contribution in [2.45, 2.75) is 33.1 Å². The van der Waals surface area contributed by atoms with E-state index < -0.39 is 5.41 Å². The average Bonchev–Trinajstić information content (AvgIpc) is 2.43. The molecule has 2 rings (SSSR count). The highest BCUT2D eigenvalue weighted by Crippen LogP contribution is 2.26. The zero-order valence-corrected chi connectivity index (χ0v) is 12.5. The molecule has 0 saturated carbocycles. The van der Waals surface area contributed by atoms with Crippen molar-refractivity contribution in [2.24, 2.45) is 0 Å². The fraction of sp³-hybridized carbons (Fsp3) is 0.278. The van der Waals surface area contributed by atoms with Crippen LogP contribution in [-0.2, 0) is 10.2 Å². The van der Waals surface area contributed by atoms with Crippen molar-refractivity contribution in [1.29, 1.82) is 0 Å². The number of anilines is 1. The van der Waals surface area contributed by atoms with E-state index >= 15 is 0 Å². The molecule has 0 bridgehead atoms. The monoisotopic (exact) mass is 267 g/mol. The maximum Gasteiger partial charge on any atom is 0.234 e. The minimum atomic E-state index is -0.558. The Morgan fingerprint density at radius 3 is 2.30 bits per heavy atom. The Labute approximate surface area is 120 Å². The highest BCUT2D eigenvalue weighted by Gasteiger charge is 2.29. The van der Waals surface area contributed by atoms with Gasteiger partial charge in [-0.05, 0) is 50.5 Å². The molecule has 1 amide bonds. The van der Waals surface area contributed by atoms with E-state index in [4.69, 9.17) is 0 Å². The first kappa shape index (κ1) is 14.3. The molecule has 2 aromatic carbocycles. The SMILES string of the molecule is Cc1ccc(C)c(NC(=O)C(C)(C)c2ccccc2)c1. The first-order valence-electron chi connectivity index (χ1n) is 6.85. The van der Waals surface area contributed by atoms with E-state index in [1.165, 1.54) is 0 Å². The Kier molecular flexibility index (Phi) is 3.93. The lowest BCUT2D eigenvalue weighted by molar-refractivity contribution is -0.120. The van der Waals surface area contributed by atoms with Crippen LogP contribution in [0.15, 0.2) is 48.5 Å². The Bertz CT molecular complexity index is 615. The zero-order valence-electron chi connectivity index (χ0n) is 12.5. The summed E-state index contributed by atoms with van der Waals surface area (Å²) >= 11 is 0. The maximum absolute atomic E-state index is 12.6. The van der Waals surface area contributed by atoms with E-state index in [0.29, 0.717) is 0 Å². The van der Waals surface area contributed by atoms with Crippen LogP contribution in [0.25, 0.3) is 0 Å². The van der Waals surface area contributed by atoms with Gasteiger partial charge in [-0.1, -0.05) is 42.5 Å². The maximum atomic E-state index is 12.6. The summed E-state index contributed by atoms with van der Waals surface area (Å²) in [7, 11) is 0. The Morgan fingerprint density at radius 1 is 1.00 bits per heavy atom. The van der Waals surface area contributed by atoms with Gasteiger partial charge < -0.3 is 5.32 Å². The predicted molar refractivity (Wildman–Crippen MR) is 84.0 cm³/mol. The molecule has 104 valence electrons. The van der Waals surface area contributed by atoms with Gasteiger partial charge in [-0.15, -0.1) is 0 Å². The van der Waals surface area contributed by atoms with Crippen molar-refractivity contribution in [1.82, 2.24) is 0 Å². The highest BCUT2D eigenvalue weighted by atomic mass is 16.2. The van der Waals surface area contributed by atoms with Gasteiger partial charge in [0, 0.05) is 5.69 Å². The second kappa shape index (κ2) is 5.49. The summed E-state index contributed by atoms with van der Waals surface area (Å²) < 4.78 is 0. The van der Waals surface area contributed by atoms with E-state index in [1.807, 2.05) is 76.2 Å². The van der Waals surface area contributed by atoms with Gasteiger partial charge in [0.2, 0.25) is 5.91 Å². The quantitative estimate of drug-likeness (QED) is 0.886. The van der Waals surface area contributed by atoms with Gasteiger partial charge in [0.05, 0.1) is 5.41 Å². The van der Waals surface area contributed by atoms with Crippen molar-refractivity contribution >= 4 is 11.6 Å². The molecule has 0 saturated heterocycles. The molecule has 0 atom stereocenters. The van der Waals surface area contributed by atoms with Gasteiger partial charge in [0.15, 0.2) is 0 Å². The molecule has 20 heavy (non-hydrogen) atoms. The third kappa shape index (κ3) is 2.90. The summed E-state index contributed by atoms with van der Waals surface area (Å²) in [5.74, 6) is 0.0115. The minimum Gasteiger partial charge on any atom is -0.325 e. The normalized spacial score (nSPS) is 11.2. The fourth-order valence-corrected chi connectivity index (χ4v) is 2.13. The van der Waals surface area contributed by atoms with Crippen molar-refractivity contribution in [3.05, 3.63) is 65.2 Å².